The molecule has 1 aromatic carbocycles. The summed E-state index contributed by atoms with van der Waals surface area (Å²) in [6.45, 7) is 0.877. The van der Waals surface area contributed by atoms with E-state index in [0.717, 1.165) is 12.1 Å². The minimum absolute atomic E-state index is 0.0506. The van der Waals surface area contributed by atoms with Crippen molar-refractivity contribution in [2.75, 3.05) is 11.9 Å². The molecule has 0 saturated carbocycles. The van der Waals surface area contributed by atoms with E-state index in [-0.39, 0.29) is 10.7 Å². The highest BCUT2D eigenvalue weighted by Gasteiger charge is 2.14. The van der Waals surface area contributed by atoms with Crippen molar-refractivity contribution in [2.24, 2.45) is 0 Å². The van der Waals surface area contributed by atoms with E-state index in [0.29, 0.717) is 0 Å². The molecule has 0 aromatic heterocycles. The number of carbonyl (C=O) groups is 2. The van der Waals surface area contributed by atoms with Crippen molar-refractivity contribution in [3.63, 3.8) is 0 Å². The van der Waals surface area contributed by atoms with Gasteiger partial charge in [0.05, 0.1) is 10.7 Å². The zero-order chi connectivity index (χ0) is 13.7. The average Bonchev–Trinajstić information content (AvgIpc) is 2.29. The number of halogens is 2. The first-order valence-electron chi connectivity index (χ1n) is 4.99. The summed E-state index contributed by atoms with van der Waals surface area (Å²) in [5.41, 5.74) is 0.231. The lowest BCUT2D eigenvalue weighted by molar-refractivity contribution is -0.150. The van der Waals surface area contributed by atoms with Crippen molar-refractivity contribution in [3.05, 3.63) is 29.0 Å². The first-order valence-corrected chi connectivity index (χ1v) is 5.37. The molecule has 1 rings (SSSR count). The Morgan fingerprint density at radius 1 is 1.56 bits per heavy atom. The largest absolute Gasteiger partial charge is 0.479 e. The second-order valence-corrected chi connectivity index (χ2v) is 3.87. The first-order chi connectivity index (χ1) is 8.40. The van der Waals surface area contributed by atoms with Gasteiger partial charge in [0.25, 0.3) is 0 Å². The normalized spacial score (nSPS) is 11.9. The quantitative estimate of drug-likeness (QED) is 0.861. The van der Waals surface area contributed by atoms with Crippen LogP contribution < -0.4 is 5.32 Å². The maximum absolute atomic E-state index is 12.7. The third kappa shape index (κ3) is 4.31. The molecule has 0 unspecified atom stereocenters. The standard InChI is InChI=1S/C11H11ClFNO4/c1-6(11(16)17)18-5-10(15)14-9-3-2-7(13)4-8(9)12/h2-4,6H,5H2,1H3,(H,14,15)(H,16,17)/t6-/m1/s1. The SMILES string of the molecule is C[C@@H](OCC(=O)Nc1ccc(F)cc1Cl)C(=O)O. The molecule has 0 heterocycles. The van der Waals surface area contributed by atoms with E-state index in [4.69, 9.17) is 21.4 Å². The van der Waals surface area contributed by atoms with E-state index in [1.807, 2.05) is 0 Å². The summed E-state index contributed by atoms with van der Waals surface area (Å²) < 4.78 is 17.5. The molecule has 2 N–H and O–H groups in total. The Morgan fingerprint density at radius 3 is 2.78 bits per heavy atom. The number of carboxylic acid groups (broad SMARTS) is 1. The maximum atomic E-state index is 12.7. The molecule has 1 atom stereocenters. The van der Waals surface area contributed by atoms with Gasteiger partial charge in [0.2, 0.25) is 5.91 Å². The molecule has 0 spiro atoms. The van der Waals surface area contributed by atoms with Crippen LogP contribution in [-0.4, -0.2) is 29.7 Å². The molecule has 1 aromatic rings. The molecule has 5 nitrogen and oxygen atoms in total. The van der Waals surface area contributed by atoms with Crippen LogP contribution >= 0.6 is 11.6 Å². The molecule has 7 heteroatoms. The summed E-state index contributed by atoms with van der Waals surface area (Å²) in [6, 6.07) is 3.50. The maximum Gasteiger partial charge on any atom is 0.332 e. The van der Waals surface area contributed by atoms with Crippen molar-refractivity contribution in [1.29, 1.82) is 0 Å². The topological polar surface area (TPSA) is 75.6 Å². The van der Waals surface area contributed by atoms with Gasteiger partial charge in [0.1, 0.15) is 12.4 Å². The number of ether oxygens (including phenoxy) is 1. The second kappa shape index (κ2) is 6.32. The number of hydrogen-bond donors (Lipinski definition) is 2. The van der Waals surface area contributed by atoms with Gasteiger partial charge in [-0.1, -0.05) is 11.6 Å². The van der Waals surface area contributed by atoms with Gasteiger partial charge < -0.3 is 15.2 Å². The summed E-state index contributed by atoms with van der Waals surface area (Å²) in [7, 11) is 0. The van der Waals surface area contributed by atoms with Crippen molar-refractivity contribution in [2.45, 2.75) is 13.0 Å². The number of amides is 1. The van der Waals surface area contributed by atoms with E-state index in [1.54, 1.807) is 0 Å². The van der Waals surface area contributed by atoms with Crippen LogP contribution in [0.15, 0.2) is 18.2 Å². The molecule has 0 radical (unpaired) electrons. The smallest absolute Gasteiger partial charge is 0.332 e. The Kier molecular flexibility index (Phi) is 5.06. The monoisotopic (exact) mass is 275 g/mol. The lowest BCUT2D eigenvalue weighted by atomic mass is 10.3. The van der Waals surface area contributed by atoms with Crippen LogP contribution in [0.3, 0.4) is 0 Å². The molecule has 18 heavy (non-hydrogen) atoms. The number of rotatable bonds is 5. The van der Waals surface area contributed by atoms with Crippen LogP contribution in [0, 0.1) is 5.82 Å². The molecule has 0 bridgehead atoms. The highest BCUT2D eigenvalue weighted by Crippen LogP contribution is 2.22. The minimum Gasteiger partial charge on any atom is -0.479 e. The molecule has 98 valence electrons. The fraction of sp³-hybridized carbons (Fsp3) is 0.273. The van der Waals surface area contributed by atoms with E-state index < -0.39 is 30.4 Å². The summed E-state index contributed by atoms with van der Waals surface area (Å²) in [5.74, 6) is -2.26. The number of hydrogen-bond acceptors (Lipinski definition) is 3. The average molecular weight is 276 g/mol. The van der Waals surface area contributed by atoms with Crippen molar-refractivity contribution < 1.29 is 23.8 Å². The molecule has 0 aliphatic carbocycles. The van der Waals surface area contributed by atoms with Crippen molar-refractivity contribution >= 4 is 29.2 Å². The Balaban J connectivity index is 2.52. The summed E-state index contributed by atoms with van der Waals surface area (Å²) in [6.07, 6.45) is -1.08. The Bertz CT molecular complexity index is 466. The van der Waals surface area contributed by atoms with E-state index in [1.165, 1.54) is 13.0 Å². The van der Waals surface area contributed by atoms with E-state index >= 15 is 0 Å². The molecule has 1 amide bonds. The lowest BCUT2D eigenvalue weighted by Crippen LogP contribution is -2.26. The molecular weight excluding hydrogens is 265 g/mol. The van der Waals surface area contributed by atoms with Crippen LogP contribution in [0.25, 0.3) is 0 Å². The molecule has 0 aliphatic heterocycles. The summed E-state index contributed by atoms with van der Waals surface area (Å²) >= 11 is 5.70. The Hall–Kier alpha value is -1.66. The summed E-state index contributed by atoms with van der Waals surface area (Å²) in [4.78, 5) is 21.8. The van der Waals surface area contributed by atoms with Crippen LogP contribution in [0.2, 0.25) is 5.02 Å². The molecule has 0 fully saturated rings. The second-order valence-electron chi connectivity index (χ2n) is 3.46. The lowest BCUT2D eigenvalue weighted by Gasteiger charge is -2.10. The fourth-order valence-electron chi connectivity index (χ4n) is 1.05. The van der Waals surface area contributed by atoms with Gasteiger partial charge in [-0.2, -0.15) is 0 Å². The number of anilines is 1. The zero-order valence-electron chi connectivity index (χ0n) is 9.44. The number of benzene rings is 1. The predicted molar refractivity (Wildman–Crippen MR) is 63.1 cm³/mol. The number of nitrogens with one attached hydrogen (secondary N) is 1. The number of carboxylic acids is 1. The zero-order valence-corrected chi connectivity index (χ0v) is 10.2. The first kappa shape index (κ1) is 14.4. The van der Waals surface area contributed by atoms with Gasteiger partial charge in [-0.3, -0.25) is 4.79 Å². The highest BCUT2D eigenvalue weighted by atomic mass is 35.5. The summed E-state index contributed by atoms with van der Waals surface area (Å²) in [5, 5.41) is 11.0. The van der Waals surface area contributed by atoms with Crippen LogP contribution in [0.4, 0.5) is 10.1 Å². The van der Waals surface area contributed by atoms with Gasteiger partial charge in [0.15, 0.2) is 6.10 Å². The Morgan fingerprint density at radius 2 is 2.22 bits per heavy atom. The third-order valence-electron chi connectivity index (χ3n) is 2.02. The van der Waals surface area contributed by atoms with Crippen LogP contribution in [0.5, 0.6) is 0 Å². The van der Waals surface area contributed by atoms with E-state index in [2.05, 4.69) is 5.32 Å². The predicted octanol–water partition coefficient (Wildman–Crippen LogP) is 1.91. The van der Waals surface area contributed by atoms with Crippen LogP contribution in [-0.2, 0) is 14.3 Å². The molecular formula is C11H11ClFNO4. The van der Waals surface area contributed by atoms with E-state index in [9.17, 15) is 14.0 Å². The minimum atomic E-state index is -1.16. The van der Waals surface area contributed by atoms with Gasteiger partial charge in [0, 0.05) is 0 Å². The molecule has 0 saturated heterocycles. The Labute approximate surface area is 108 Å². The van der Waals surface area contributed by atoms with Gasteiger partial charge in [-0.25, -0.2) is 9.18 Å². The van der Waals surface area contributed by atoms with Crippen LogP contribution in [0.1, 0.15) is 6.92 Å². The molecule has 0 aliphatic rings. The van der Waals surface area contributed by atoms with Gasteiger partial charge >= 0.3 is 5.97 Å². The van der Waals surface area contributed by atoms with Crippen molar-refractivity contribution in [1.82, 2.24) is 0 Å². The highest BCUT2D eigenvalue weighted by molar-refractivity contribution is 6.33. The number of carbonyl (C=O) groups excluding carboxylic acids is 1. The van der Waals surface area contributed by atoms with Crippen molar-refractivity contribution in [3.8, 4) is 0 Å². The van der Waals surface area contributed by atoms with Gasteiger partial charge in [-0.05, 0) is 25.1 Å². The number of aliphatic carboxylic acids is 1. The third-order valence-corrected chi connectivity index (χ3v) is 2.33. The van der Waals surface area contributed by atoms with Gasteiger partial charge in [-0.15, -0.1) is 0 Å². The fourth-order valence-corrected chi connectivity index (χ4v) is 1.26.